The van der Waals surface area contributed by atoms with Crippen LogP contribution >= 0.6 is 0 Å². The van der Waals surface area contributed by atoms with E-state index in [1.54, 1.807) is 0 Å². The first-order valence-electron chi connectivity index (χ1n) is 16.6. The van der Waals surface area contributed by atoms with Crippen LogP contribution in [0, 0.1) is 0 Å². The van der Waals surface area contributed by atoms with Crippen LogP contribution in [0.15, 0.2) is 171 Å². The van der Waals surface area contributed by atoms with Crippen LogP contribution in [-0.2, 0) is 0 Å². The summed E-state index contributed by atoms with van der Waals surface area (Å²) in [5.74, 6) is 0. The van der Waals surface area contributed by atoms with Gasteiger partial charge in [-0.05, 0) is 85.8 Å². The Morgan fingerprint density at radius 2 is 0.980 bits per heavy atom. The molecule has 0 saturated carbocycles. The molecule has 0 aliphatic rings. The van der Waals surface area contributed by atoms with E-state index in [0.29, 0.717) is 0 Å². The van der Waals surface area contributed by atoms with Gasteiger partial charge in [-0.3, -0.25) is 0 Å². The normalized spacial score (nSPS) is 12.1. The predicted molar refractivity (Wildman–Crippen MR) is 202 cm³/mol. The smallest absolute Gasteiger partial charge is 0.147 e. The molecule has 8 aromatic carbocycles. The fourth-order valence-electron chi connectivity index (χ4n) is 8.05. The number of para-hydroxylation sites is 1. The van der Waals surface area contributed by atoms with Crippen molar-refractivity contribution in [2.45, 2.75) is 0 Å². The number of hydrogen-bond donors (Lipinski definition) is 0. The Hall–Kier alpha value is -6.58. The van der Waals surface area contributed by atoms with Gasteiger partial charge < -0.3 is 13.3 Å². The SMILES string of the molecule is c1ccc(-c2coc3ccc4c5ccc(-c6c7ccccc7c(-c7cccc8oc9ccccc9c78)c7ccccc67)cc5oc4c23)cc1. The maximum Gasteiger partial charge on any atom is 0.147 e. The number of benzene rings is 8. The molecule has 0 fully saturated rings. The fraction of sp³-hybridized carbons (Fsp3) is 0. The zero-order valence-corrected chi connectivity index (χ0v) is 26.2. The summed E-state index contributed by atoms with van der Waals surface area (Å²) in [4.78, 5) is 0. The van der Waals surface area contributed by atoms with Gasteiger partial charge in [0.25, 0.3) is 0 Å². The molecule has 0 saturated heterocycles. The Morgan fingerprint density at radius 1 is 0.327 bits per heavy atom. The van der Waals surface area contributed by atoms with E-state index in [-0.39, 0.29) is 0 Å². The molecule has 0 unspecified atom stereocenters. The fourth-order valence-corrected chi connectivity index (χ4v) is 8.05. The van der Waals surface area contributed by atoms with Crippen LogP contribution in [0.4, 0.5) is 0 Å². The van der Waals surface area contributed by atoms with Gasteiger partial charge in [0.15, 0.2) is 0 Å². The quantitative estimate of drug-likeness (QED) is 0.183. The van der Waals surface area contributed by atoms with Crippen molar-refractivity contribution in [3.63, 3.8) is 0 Å². The van der Waals surface area contributed by atoms with Crippen molar-refractivity contribution in [1.82, 2.24) is 0 Å². The second-order valence-electron chi connectivity index (χ2n) is 12.8. The Bertz CT molecular complexity index is 3040. The zero-order chi connectivity index (χ0) is 32.1. The summed E-state index contributed by atoms with van der Waals surface area (Å²) in [6.07, 6.45) is 1.84. The molecule has 0 aliphatic carbocycles. The van der Waals surface area contributed by atoms with E-state index in [2.05, 4.69) is 133 Å². The van der Waals surface area contributed by atoms with E-state index in [9.17, 15) is 0 Å². The highest BCUT2D eigenvalue weighted by molar-refractivity contribution is 6.26. The van der Waals surface area contributed by atoms with E-state index < -0.39 is 0 Å². The summed E-state index contributed by atoms with van der Waals surface area (Å²) in [5.41, 5.74) is 11.2. The van der Waals surface area contributed by atoms with Crippen molar-refractivity contribution in [3.8, 4) is 33.4 Å². The molecule has 0 spiro atoms. The van der Waals surface area contributed by atoms with Crippen LogP contribution in [0.1, 0.15) is 0 Å². The van der Waals surface area contributed by atoms with Gasteiger partial charge in [-0.15, -0.1) is 0 Å². The molecule has 49 heavy (non-hydrogen) atoms. The average Bonchev–Trinajstić information content (AvgIpc) is 3.87. The Balaban J connectivity index is 1.20. The summed E-state index contributed by atoms with van der Waals surface area (Å²) in [6.45, 7) is 0. The number of fused-ring (bicyclic) bond motifs is 10. The van der Waals surface area contributed by atoms with Crippen LogP contribution in [0.2, 0.25) is 0 Å². The standard InChI is InChI=1S/C46H26O3/c1-2-11-27(12-3-1)37-26-47-39-24-23-34-29-22-21-28(25-41(29)49-46(34)45(37)39)42-30-13-4-6-15-32(30)43(33-16-7-5-14-31(33)42)36-18-10-20-40-44(36)35-17-8-9-19-38(35)48-40/h1-26H. The van der Waals surface area contributed by atoms with Crippen molar-refractivity contribution in [2.24, 2.45) is 0 Å². The summed E-state index contributed by atoms with van der Waals surface area (Å²) >= 11 is 0. The van der Waals surface area contributed by atoms with Gasteiger partial charge in [-0.1, -0.05) is 115 Å². The third-order valence-electron chi connectivity index (χ3n) is 10.2. The first-order valence-corrected chi connectivity index (χ1v) is 16.6. The molecule has 3 heterocycles. The maximum absolute atomic E-state index is 6.78. The van der Waals surface area contributed by atoms with Crippen molar-refractivity contribution < 1.29 is 13.3 Å². The van der Waals surface area contributed by atoms with Crippen molar-refractivity contribution >= 4 is 76.4 Å². The zero-order valence-electron chi connectivity index (χ0n) is 26.2. The number of rotatable bonds is 3. The van der Waals surface area contributed by atoms with E-state index in [4.69, 9.17) is 13.3 Å². The minimum Gasteiger partial charge on any atom is -0.464 e. The van der Waals surface area contributed by atoms with E-state index >= 15 is 0 Å². The Labute approximate surface area is 280 Å². The summed E-state index contributed by atoms with van der Waals surface area (Å²) in [6, 6.07) is 53.5. The molecule has 11 rings (SSSR count). The van der Waals surface area contributed by atoms with Crippen molar-refractivity contribution in [2.75, 3.05) is 0 Å². The summed E-state index contributed by atoms with van der Waals surface area (Å²) in [7, 11) is 0. The minimum atomic E-state index is 0.818. The lowest BCUT2D eigenvalue weighted by Crippen LogP contribution is -1.91. The molecule has 0 amide bonds. The van der Waals surface area contributed by atoms with Crippen molar-refractivity contribution in [1.29, 1.82) is 0 Å². The molecule has 0 radical (unpaired) electrons. The van der Waals surface area contributed by atoms with Gasteiger partial charge in [-0.25, -0.2) is 0 Å². The van der Waals surface area contributed by atoms with E-state index in [1.165, 1.54) is 38.2 Å². The van der Waals surface area contributed by atoms with Crippen LogP contribution in [0.5, 0.6) is 0 Å². The predicted octanol–water partition coefficient (Wildman–Crippen LogP) is 13.5. The highest BCUT2D eigenvalue weighted by Crippen LogP contribution is 2.48. The second kappa shape index (κ2) is 9.96. The molecular weight excluding hydrogens is 601 g/mol. The molecule has 11 aromatic rings. The highest BCUT2D eigenvalue weighted by Gasteiger charge is 2.22. The molecule has 3 heteroatoms. The molecule has 0 aliphatic heterocycles. The molecule has 0 N–H and O–H groups in total. The summed E-state index contributed by atoms with van der Waals surface area (Å²) in [5, 5.41) is 10.2. The van der Waals surface area contributed by atoms with Gasteiger partial charge in [0.2, 0.25) is 0 Å². The number of hydrogen-bond acceptors (Lipinski definition) is 3. The van der Waals surface area contributed by atoms with E-state index in [1.807, 2.05) is 24.5 Å². The third kappa shape index (κ3) is 3.73. The molecular formula is C46H26O3. The number of furan rings is 3. The second-order valence-corrected chi connectivity index (χ2v) is 12.8. The van der Waals surface area contributed by atoms with Crippen LogP contribution in [0.25, 0.3) is 110 Å². The lowest BCUT2D eigenvalue weighted by atomic mass is 9.85. The first kappa shape index (κ1) is 26.5. The Morgan fingerprint density at radius 3 is 1.76 bits per heavy atom. The minimum absolute atomic E-state index is 0.818. The van der Waals surface area contributed by atoms with Gasteiger partial charge in [0.1, 0.15) is 27.9 Å². The molecule has 0 bridgehead atoms. The highest BCUT2D eigenvalue weighted by atomic mass is 16.3. The van der Waals surface area contributed by atoms with Gasteiger partial charge >= 0.3 is 0 Å². The van der Waals surface area contributed by atoms with Crippen LogP contribution in [-0.4, -0.2) is 0 Å². The first-order chi connectivity index (χ1) is 24.3. The average molecular weight is 627 g/mol. The monoisotopic (exact) mass is 626 g/mol. The van der Waals surface area contributed by atoms with Gasteiger partial charge in [0.05, 0.1) is 11.6 Å². The largest absolute Gasteiger partial charge is 0.464 e. The molecule has 3 aromatic heterocycles. The van der Waals surface area contributed by atoms with Gasteiger partial charge in [0, 0.05) is 27.1 Å². The van der Waals surface area contributed by atoms with E-state index in [0.717, 1.165) is 71.5 Å². The lowest BCUT2D eigenvalue weighted by molar-refractivity contribution is 0.616. The van der Waals surface area contributed by atoms with Crippen LogP contribution in [0.3, 0.4) is 0 Å². The molecule has 228 valence electrons. The molecule has 3 nitrogen and oxygen atoms in total. The summed E-state index contributed by atoms with van der Waals surface area (Å²) < 4.78 is 19.1. The van der Waals surface area contributed by atoms with Gasteiger partial charge in [-0.2, -0.15) is 0 Å². The van der Waals surface area contributed by atoms with Crippen molar-refractivity contribution in [3.05, 3.63) is 158 Å². The maximum atomic E-state index is 6.78. The van der Waals surface area contributed by atoms with Crippen LogP contribution < -0.4 is 0 Å². The Kier molecular flexibility index (Phi) is 5.38. The topological polar surface area (TPSA) is 39.4 Å². The third-order valence-corrected chi connectivity index (χ3v) is 10.2. The lowest BCUT2D eigenvalue weighted by Gasteiger charge is -2.18. The molecule has 0 atom stereocenters.